The van der Waals surface area contributed by atoms with Gasteiger partial charge in [0.05, 0.1) is 62.3 Å². The van der Waals surface area contributed by atoms with Crippen LogP contribution in [0.3, 0.4) is 0 Å². The van der Waals surface area contributed by atoms with E-state index in [0.717, 1.165) is 36.8 Å². The highest BCUT2D eigenvalue weighted by molar-refractivity contribution is 6.34. The predicted octanol–water partition coefficient (Wildman–Crippen LogP) is 8.08. The molecule has 7 aromatic rings. The average Bonchev–Trinajstić information content (AvgIpc) is 4.08. The van der Waals surface area contributed by atoms with Crippen molar-refractivity contribution < 1.29 is 27.9 Å². The number of pyridine rings is 1. The molecule has 2 saturated carbocycles. The van der Waals surface area contributed by atoms with Crippen molar-refractivity contribution in [2.45, 2.75) is 101 Å². The molecule has 2 N–H and O–H groups in total. The summed E-state index contributed by atoms with van der Waals surface area (Å²) >= 11 is 7.47. The third kappa shape index (κ3) is 6.22. The van der Waals surface area contributed by atoms with Crippen LogP contribution >= 0.6 is 11.6 Å². The molecule has 5 aliphatic rings. The third-order valence-corrected chi connectivity index (χ3v) is 15.0. The van der Waals surface area contributed by atoms with Gasteiger partial charge >= 0.3 is 5.76 Å². The van der Waals surface area contributed by atoms with E-state index in [1.54, 1.807) is 62.9 Å². The van der Waals surface area contributed by atoms with Crippen LogP contribution in [0.5, 0.6) is 0 Å². The number of nitrogens with zero attached hydrogens (tertiary/aromatic N) is 9. The van der Waals surface area contributed by atoms with Gasteiger partial charge in [-0.15, -0.1) is 0 Å². The lowest BCUT2D eigenvalue weighted by molar-refractivity contribution is -0.0593. The minimum atomic E-state index is -1.44. The lowest BCUT2D eigenvalue weighted by atomic mass is 9.84. The summed E-state index contributed by atoms with van der Waals surface area (Å²) in [6, 6.07) is 11.7. The van der Waals surface area contributed by atoms with E-state index >= 15 is 13.6 Å². The summed E-state index contributed by atoms with van der Waals surface area (Å²) in [5.74, 6) is -0.770. The molecule has 5 aromatic heterocycles. The van der Waals surface area contributed by atoms with E-state index in [-0.39, 0.29) is 46.5 Å². The molecule has 12 rings (SSSR count). The number of halogens is 3. The molecule has 1 saturated heterocycles. The number of hydrogen-bond acceptors (Lipinski definition) is 10. The topological polar surface area (TPSA) is 155 Å². The summed E-state index contributed by atoms with van der Waals surface area (Å²) in [4.78, 5) is 35.6. The molecule has 3 atom stereocenters. The Morgan fingerprint density at radius 3 is 2.55 bits per heavy atom. The number of hydrogen-bond donors (Lipinski definition) is 2. The SMILES string of the molecule is C[C@H]1c2c(nn(-c3ccc(F)c(C4CC4)c3)c2N2C=CN(c3ccc4c(cnn4C)c3F)C2O)CCN1C(=O)c1c(C2(c3noc(=O)[nH]3)CC2)c2ccc([C@@H]3CCOC(C)(C)C3)cn2c1Cl. The number of fused-ring (bicyclic) bond motifs is 3. The zero-order valence-corrected chi connectivity index (χ0v) is 37.5. The van der Waals surface area contributed by atoms with Crippen LogP contribution in [0.15, 0.2) is 76.6 Å². The van der Waals surface area contributed by atoms with Gasteiger partial charge in [-0.25, -0.2) is 18.3 Å². The second kappa shape index (κ2) is 14.6. The van der Waals surface area contributed by atoms with Crippen LogP contribution in [-0.2, 0) is 23.6 Å². The first-order valence-corrected chi connectivity index (χ1v) is 22.9. The molecule has 2 aliphatic carbocycles. The van der Waals surface area contributed by atoms with Crippen LogP contribution < -0.4 is 15.6 Å². The summed E-state index contributed by atoms with van der Waals surface area (Å²) in [6.07, 6.45) is 10.3. The Kier molecular flexibility index (Phi) is 9.10. The number of amides is 1. The predicted molar refractivity (Wildman–Crippen MR) is 241 cm³/mol. The lowest BCUT2D eigenvalue weighted by Gasteiger charge is -2.36. The second-order valence-corrected chi connectivity index (χ2v) is 19.5. The van der Waals surface area contributed by atoms with E-state index in [1.807, 2.05) is 23.6 Å². The van der Waals surface area contributed by atoms with E-state index in [4.69, 9.17) is 26.0 Å². The van der Waals surface area contributed by atoms with Gasteiger partial charge in [0.2, 0.25) is 6.35 Å². The van der Waals surface area contributed by atoms with Crippen molar-refractivity contribution in [1.82, 2.24) is 39.0 Å². The molecule has 0 bridgehead atoms. The Morgan fingerprint density at radius 1 is 1.02 bits per heavy atom. The van der Waals surface area contributed by atoms with Crippen LogP contribution in [-0.4, -0.2) is 75.1 Å². The van der Waals surface area contributed by atoms with Crippen molar-refractivity contribution in [1.29, 1.82) is 0 Å². The van der Waals surface area contributed by atoms with E-state index in [1.165, 1.54) is 17.2 Å². The highest BCUT2D eigenvalue weighted by Crippen LogP contribution is 2.57. The molecule has 18 heteroatoms. The van der Waals surface area contributed by atoms with Gasteiger partial charge in [0.15, 0.2) is 11.6 Å². The van der Waals surface area contributed by atoms with Gasteiger partial charge in [-0.1, -0.05) is 22.8 Å². The molecule has 340 valence electrons. The van der Waals surface area contributed by atoms with Crippen molar-refractivity contribution in [2.75, 3.05) is 23.0 Å². The van der Waals surface area contributed by atoms with E-state index in [9.17, 15) is 9.90 Å². The highest BCUT2D eigenvalue weighted by atomic mass is 35.5. The fraction of sp³-hybridized carbons (Fsp3) is 0.396. The largest absolute Gasteiger partial charge is 0.438 e. The second-order valence-electron chi connectivity index (χ2n) is 19.1. The molecule has 15 nitrogen and oxygen atoms in total. The molecule has 66 heavy (non-hydrogen) atoms. The number of aliphatic hydroxyl groups is 1. The van der Waals surface area contributed by atoms with E-state index in [2.05, 4.69) is 35.2 Å². The number of nitrogens with one attached hydrogen (secondary N) is 1. The fourth-order valence-electron chi connectivity index (χ4n) is 10.9. The molecule has 0 radical (unpaired) electrons. The number of benzene rings is 2. The molecule has 8 heterocycles. The summed E-state index contributed by atoms with van der Waals surface area (Å²) < 4.78 is 47.7. The fourth-order valence-corrected chi connectivity index (χ4v) is 11.2. The smallest absolute Gasteiger partial charge is 0.376 e. The van der Waals surface area contributed by atoms with Crippen LogP contribution in [0, 0.1) is 11.6 Å². The molecule has 2 aromatic carbocycles. The molecule has 3 fully saturated rings. The maximum atomic E-state index is 16.2. The third-order valence-electron chi connectivity index (χ3n) is 14.6. The van der Waals surface area contributed by atoms with Crippen molar-refractivity contribution in [3.05, 3.63) is 134 Å². The number of carbonyl (C=O) groups is 1. The zero-order valence-electron chi connectivity index (χ0n) is 36.8. The number of H-pyrrole nitrogens is 1. The number of ether oxygens (including phenoxy) is 1. The average molecular weight is 917 g/mol. The lowest BCUT2D eigenvalue weighted by Crippen LogP contribution is -2.42. The molecular weight excluding hydrogens is 870 g/mol. The monoisotopic (exact) mass is 916 g/mol. The summed E-state index contributed by atoms with van der Waals surface area (Å²) in [6.45, 7) is 7.01. The Balaban J connectivity index is 0.977. The first kappa shape index (κ1) is 41.2. The van der Waals surface area contributed by atoms with Crippen molar-refractivity contribution in [2.24, 2.45) is 7.05 Å². The van der Waals surface area contributed by atoms with Gasteiger partial charge < -0.3 is 24.0 Å². The number of aromatic nitrogens is 7. The molecular formula is C48H47ClF2N10O5. The summed E-state index contributed by atoms with van der Waals surface area (Å²) in [5.41, 5.74) is 4.90. The van der Waals surface area contributed by atoms with Gasteiger partial charge in [-0.3, -0.25) is 23.9 Å². The van der Waals surface area contributed by atoms with Crippen LogP contribution in [0.4, 0.5) is 20.3 Å². The van der Waals surface area contributed by atoms with Crippen LogP contribution in [0.25, 0.3) is 22.1 Å². The van der Waals surface area contributed by atoms with Gasteiger partial charge in [-0.2, -0.15) is 10.2 Å². The number of aromatic amines is 1. The summed E-state index contributed by atoms with van der Waals surface area (Å²) in [7, 11) is 1.73. The zero-order chi connectivity index (χ0) is 45.6. The van der Waals surface area contributed by atoms with Crippen molar-refractivity contribution in [3.63, 3.8) is 0 Å². The molecule has 1 unspecified atom stereocenters. The normalized spacial score (nSPS) is 22.2. The Labute approximate surface area is 381 Å². The van der Waals surface area contributed by atoms with Gasteiger partial charge in [0.1, 0.15) is 16.8 Å². The number of aryl methyl sites for hydroxylation is 1. The minimum Gasteiger partial charge on any atom is -0.376 e. The Bertz CT molecular complexity index is 3250. The first-order valence-electron chi connectivity index (χ1n) is 22.5. The van der Waals surface area contributed by atoms with Crippen LogP contribution in [0.2, 0.25) is 5.15 Å². The molecule has 1 amide bonds. The molecule has 0 spiro atoms. The Morgan fingerprint density at radius 2 is 1.80 bits per heavy atom. The maximum Gasteiger partial charge on any atom is 0.438 e. The van der Waals surface area contributed by atoms with E-state index < -0.39 is 29.4 Å². The van der Waals surface area contributed by atoms with Gasteiger partial charge in [-0.05, 0) is 119 Å². The number of anilines is 2. The first-order chi connectivity index (χ1) is 31.7. The van der Waals surface area contributed by atoms with Crippen molar-refractivity contribution in [3.8, 4) is 5.69 Å². The standard InChI is InChI=1S/C48H47ClF2N10O5/c1-25-37-33(54-61(29-8-9-32(50)30(21-29)26-5-6-26)42(37)59-19-18-58(46(59)64)36-12-11-34-31(40(36)51)23-52-56(34)4)13-17-57(25)43(62)38-39(48(15-16-48)44-53-45(63)66-55-44)35-10-7-28(24-60(35)41(38)49)27-14-20-65-47(2,3)22-27/h7-12,18-19,21,23-27,46,64H,5-6,13-17,20,22H2,1-4H3,(H,53,55,63)/t25-,27+,46?/m0/s1. The Hall–Kier alpha value is -6.30. The van der Waals surface area contributed by atoms with E-state index in [0.29, 0.717) is 82.0 Å². The van der Waals surface area contributed by atoms with Gasteiger partial charge in [0.25, 0.3) is 5.91 Å². The number of rotatable bonds is 8. The highest BCUT2D eigenvalue weighted by Gasteiger charge is 2.54. The molecule has 3 aliphatic heterocycles. The minimum absolute atomic E-state index is 0.102. The van der Waals surface area contributed by atoms with Crippen LogP contribution in [0.1, 0.15) is 121 Å². The van der Waals surface area contributed by atoms with Crippen molar-refractivity contribution >= 4 is 45.4 Å². The van der Waals surface area contributed by atoms with Gasteiger partial charge in [0, 0.05) is 56.3 Å². The quantitative estimate of drug-likeness (QED) is 0.153. The summed E-state index contributed by atoms with van der Waals surface area (Å²) in [5, 5.41) is 26.3. The number of aliphatic hydroxyl groups excluding tert-OH is 1. The number of carbonyl (C=O) groups excluding carboxylic acids is 1. The maximum absolute atomic E-state index is 16.2.